The Morgan fingerprint density at radius 2 is 1.78 bits per heavy atom. The van der Waals surface area contributed by atoms with Gasteiger partial charge in [-0.1, -0.05) is 0 Å². The van der Waals surface area contributed by atoms with E-state index in [1.165, 1.54) is 48.9 Å². The molecule has 2 unspecified atom stereocenters. The molecular formula is C34H35FN6O7S. The lowest BCUT2D eigenvalue weighted by Crippen LogP contribution is -2.54. The van der Waals surface area contributed by atoms with Gasteiger partial charge in [0, 0.05) is 36.7 Å². The number of fused-ring (bicyclic) bond motifs is 2. The summed E-state index contributed by atoms with van der Waals surface area (Å²) in [6.07, 6.45) is 0.123. The van der Waals surface area contributed by atoms with Crippen molar-refractivity contribution in [3.8, 4) is 28.1 Å². The van der Waals surface area contributed by atoms with Gasteiger partial charge in [-0.25, -0.2) is 33.9 Å². The SMILES string of the molecule is COc1ccc(NC(=O)OC2CCN(C(=O)OC(C)(C)C)CC2Oc2cc3sc(-c4cc(C)cc5nc(OC)cnc45)nc3cc2F)cn1. The van der Waals surface area contributed by atoms with Gasteiger partial charge in [0.15, 0.2) is 17.7 Å². The van der Waals surface area contributed by atoms with Crippen LogP contribution in [-0.2, 0) is 9.47 Å². The number of nitrogens with one attached hydrogen (secondary N) is 1. The van der Waals surface area contributed by atoms with E-state index in [-0.39, 0.29) is 25.3 Å². The predicted octanol–water partition coefficient (Wildman–Crippen LogP) is 6.77. The number of carbonyl (C=O) groups is 2. The second-order valence-electron chi connectivity index (χ2n) is 12.4. The first-order valence-electron chi connectivity index (χ1n) is 15.4. The van der Waals surface area contributed by atoms with Crippen LogP contribution in [0.15, 0.2) is 48.8 Å². The summed E-state index contributed by atoms with van der Waals surface area (Å²) in [6.45, 7) is 7.47. The fourth-order valence-electron chi connectivity index (χ4n) is 5.30. The molecule has 4 heterocycles. The molecule has 3 aromatic heterocycles. The quantitative estimate of drug-likeness (QED) is 0.193. The number of hydrogen-bond donors (Lipinski definition) is 1. The van der Waals surface area contributed by atoms with Crippen LogP contribution in [0.25, 0.3) is 31.8 Å². The number of anilines is 1. The molecule has 2 amide bonds. The highest BCUT2D eigenvalue weighted by atomic mass is 32.1. The zero-order valence-electron chi connectivity index (χ0n) is 27.8. The maximum atomic E-state index is 15.7. The molecule has 0 radical (unpaired) electrons. The van der Waals surface area contributed by atoms with Gasteiger partial charge in [0.25, 0.3) is 0 Å². The summed E-state index contributed by atoms with van der Waals surface area (Å²) < 4.78 is 44.2. The maximum absolute atomic E-state index is 15.7. The Morgan fingerprint density at radius 1 is 0.980 bits per heavy atom. The van der Waals surface area contributed by atoms with Gasteiger partial charge in [0.1, 0.15) is 16.7 Å². The molecule has 256 valence electrons. The highest BCUT2D eigenvalue weighted by molar-refractivity contribution is 7.21. The number of carbonyl (C=O) groups excluding carboxylic acids is 2. The van der Waals surface area contributed by atoms with E-state index >= 15 is 4.39 Å². The third kappa shape index (κ3) is 7.72. The zero-order chi connectivity index (χ0) is 34.9. The molecule has 1 saturated heterocycles. The molecule has 1 aliphatic rings. The van der Waals surface area contributed by atoms with Gasteiger partial charge in [-0.3, -0.25) is 5.32 Å². The van der Waals surface area contributed by atoms with Crippen molar-refractivity contribution in [3.63, 3.8) is 0 Å². The Balaban J connectivity index is 1.27. The number of pyridine rings is 1. The molecule has 1 N–H and O–H groups in total. The van der Waals surface area contributed by atoms with E-state index < -0.39 is 35.8 Å². The van der Waals surface area contributed by atoms with Crippen LogP contribution < -0.4 is 19.5 Å². The van der Waals surface area contributed by atoms with Crippen LogP contribution in [0.3, 0.4) is 0 Å². The van der Waals surface area contributed by atoms with Gasteiger partial charge in [-0.05, 0) is 51.5 Å². The minimum atomic E-state index is -0.925. The predicted molar refractivity (Wildman–Crippen MR) is 181 cm³/mol. The van der Waals surface area contributed by atoms with E-state index in [0.717, 1.165) is 11.1 Å². The van der Waals surface area contributed by atoms with E-state index in [0.29, 0.717) is 43.7 Å². The number of likely N-dealkylation sites (tertiary alicyclic amines) is 1. The molecule has 1 aliphatic heterocycles. The highest BCUT2D eigenvalue weighted by Crippen LogP contribution is 2.37. The number of aromatic nitrogens is 4. The van der Waals surface area contributed by atoms with Crippen molar-refractivity contribution in [3.05, 3.63) is 60.2 Å². The lowest BCUT2D eigenvalue weighted by atomic mass is 10.0. The standard InChI is InChI=1S/C34H35FN6O7S/c1-18-11-20(30-23(12-18)39-29(45-6)16-37-30)31-40-22-13-21(35)25(14-27(22)49-31)46-26-17-41(33(43)48-34(2,3)4)10-9-24(26)47-32(42)38-19-7-8-28(44-5)36-15-19/h7-8,11-16,24,26H,9-10,17H2,1-6H3,(H,38,42). The minimum Gasteiger partial charge on any atom is -0.482 e. The monoisotopic (exact) mass is 690 g/mol. The molecule has 0 aliphatic carbocycles. The Kier molecular flexibility index (Phi) is 9.37. The molecule has 15 heteroatoms. The van der Waals surface area contributed by atoms with Crippen molar-refractivity contribution >= 4 is 50.5 Å². The summed E-state index contributed by atoms with van der Waals surface area (Å²) in [4.78, 5) is 45.2. The second kappa shape index (κ2) is 13.7. The summed E-state index contributed by atoms with van der Waals surface area (Å²) in [5.74, 6) is 0.0359. The van der Waals surface area contributed by atoms with E-state index in [4.69, 9.17) is 28.7 Å². The largest absolute Gasteiger partial charge is 0.482 e. The number of rotatable bonds is 7. The molecule has 0 saturated carbocycles. The zero-order valence-corrected chi connectivity index (χ0v) is 28.6. The molecule has 2 atom stereocenters. The van der Waals surface area contributed by atoms with E-state index in [1.54, 1.807) is 39.0 Å². The van der Waals surface area contributed by atoms with Crippen LogP contribution in [0, 0.1) is 12.7 Å². The van der Waals surface area contributed by atoms with Gasteiger partial charge >= 0.3 is 12.2 Å². The summed E-state index contributed by atoms with van der Waals surface area (Å²) in [6, 6.07) is 9.93. The number of methoxy groups -OCH3 is 2. The topological polar surface area (TPSA) is 147 Å². The number of halogens is 1. The van der Waals surface area contributed by atoms with E-state index in [1.807, 2.05) is 19.1 Å². The third-order valence-corrected chi connectivity index (χ3v) is 8.58. The van der Waals surface area contributed by atoms with Crippen molar-refractivity contribution in [2.24, 2.45) is 0 Å². The van der Waals surface area contributed by atoms with Crippen molar-refractivity contribution in [2.45, 2.75) is 51.9 Å². The Hall–Kier alpha value is -5.31. The Morgan fingerprint density at radius 3 is 2.49 bits per heavy atom. The summed E-state index contributed by atoms with van der Waals surface area (Å²) in [5, 5.41) is 3.25. The molecule has 6 rings (SSSR count). The van der Waals surface area contributed by atoms with Gasteiger partial charge in [-0.15, -0.1) is 11.3 Å². The van der Waals surface area contributed by atoms with E-state index in [9.17, 15) is 9.59 Å². The van der Waals surface area contributed by atoms with Crippen LogP contribution >= 0.6 is 11.3 Å². The molecule has 5 aromatic rings. The third-order valence-electron chi connectivity index (χ3n) is 7.53. The number of hydrogen-bond acceptors (Lipinski definition) is 12. The smallest absolute Gasteiger partial charge is 0.412 e. The van der Waals surface area contributed by atoms with Gasteiger partial charge < -0.3 is 28.6 Å². The number of nitrogens with zero attached hydrogens (tertiary/aromatic N) is 5. The molecule has 0 spiro atoms. The molecule has 1 fully saturated rings. The molecule has 0 bridgehead atoms. The fourth-order valence-corrected chi connectivity index (χ4v) is 6.30. The first-order valence-corrected chi connectivity index (χ1v) is 16.2. The van der Waals surface area contributed by atoms with Crippen LogP contribution in [0.4, 0.5) is 19.7 Å². The molecule has 49 heavy (non-hydrogen) atoms. The number of piperidine rings is 1. The number of benzene rings is 2. The Labute approximate surface area is 285 Å². The van der Waals surface area contributed by atoms with Crippen LogP contribution in [0.5, 0.6) is 17.5 Å². The lowest BCUT2D eigenvalue weighted by Gasteiger charge is -2.38. The van der Waals surface area contributed by atoms with Gasteiger partial charge in [0.05, 0.1) is 60.1 Å². The Bertz CT molecular complexity index is 2020. The van der Waals surface area contributed by atoms with Crippen LogP contribution in [-0.4, -0.2) is 82.1 Å². The van der Waals surface area contributed by atoms with Crippen molar-refractivity contribution < 1.29 is 37.7 Å². The number of amides is 2. The van der Waals surface area contributed by atoms with Crippen molar-refractivity contribution in [1.82, 2.24) is 24.8 Å². The minimum absolute atomic E-state index is 0.0141. The van der Waals surface area contributed by atoms with Gasteiger partial charge in [-0.2, -0.15) is 0 Å². The first kappa shape index (κ1) is 33.6. The van der Waals surface area contributed by atoms with E-state index in [2.05, 4.69) is 20.3 Å². The lowest BCUT2D eigenvalue weighted by molar-refractivity contribution is -0.0407. The normalized spacial score (nSPS) is 16.3. The summed E-state index contributed by atoms with van der Waals surface area (Å²) in [7, 11) is 3.01. The van der Waals surface area contributed by atoms with Crippen molar-refractivity contribution in [1.29, 1.82) is 0 Å². The number of ether oxygens (including phenoxy) is 5. The van der Waals surface area contributed by atoms with Crippen molar-refractivity contribution in [2.75, 3.05) is 32.6 Å². The van der Waals surface area contributed by atoms with Crippen LogP contribution in [0.1, 0.15) is 32.8 Å². The highest BCUT2D eigenvalue weighted by Gasteiger charge is 2.38. The molecule has 13 nitrogen and oxygen atoms in total. The maximum Gasteiger partial charge on any atom is 0.412 e. The number of aryl methyl sites for hydroxylation is 1. The average Bonchev–Trinajstić information content (AvgIpc) is 3.46. The average molecular weight is 691 g/mol. The fraction of sp³-hybridized carbons (Fsp3) is 0.353. The van der Waals surface area contributed by atoms with Gasteiger partial charge in [0.2, 0.25) is 11.8 Å². The summed E-state index contributed by atoms with van der Waals surface area (Å²) in [5.41, 5.74) is 3.07. The number of thiazole rings is 1. The molecule has 2 aromatic carbocycles. The second-order valence-corrected chi connectivity index (χ2v) is 13.4. The van der Waals surface area contributed by atoms with Crippen LogP contribution in [0.2, 0.25) is 0 Å². The molecular weight excluding hydrogens is 655 g/mol. The first-order chi connectivity index (χ1) is 23.4. The summed E-state index contributed by atoms with van der Waals surface area (Å²) >= 11 is 1.34.